The lowest BCUT2D eigenvalue weighted by Crippen LogP contribution is -2.26. The Hall–Kier alpha value is -3.13. The molecule has 2 aromatic heterocycles. The number of furan rings is 1. The second-order valence-electron chi connectivity index (χ2n) is 6.09. The van der Waals surface area contributed by atoms with Crippen LogP contribution in [0.4, 0.5) is 0 Å². The topological polar surface area (TPSA) is 17.0 Å². The predicted octanol–water partition coefficient (Wildman–Crippen LogP) is 5.03. The second-order valence-corrected chi connectivity index (χ2v) is 6.09. The van der Waals surface area contributed by atoms with E-state index in [-0.39, 0.29) is 0 Å². The van der Waals surface area contributed by atoms with Crippen molar-refractivity contribution in [3.8, 4) is 11.1 Å². The molecule has 0 unspecified atom stereocenters. The van der Waals surface area contributed by atoms with E-state index < -0.39 is 0 Å². The van der Waals surface area contributed by atoms with Crippen molar-refractivity contribution in [1.82, 2.24) is 0 Å². The molecule has 0 aliphatic heterocycles. The molecule has 0 amide bonds. The van der Waals surface area contributed by atoms with Crippen LogP contribution in [0.5, 0.6) is 0 Å². The highest BCUT2D eigenvalue weighted by Gasteiger charge is 2.12. The zero-order chi connectivity index (χ0) is 16.1. The Labute approximate surface area is 139 Å². The summed E-state index contributed by atoms with van der Waals surface area (Å²) in [6.07, 6.45) is 5.34. The summed E-state index contributed by atoms with van der Waals surface area (Å²) >= 11 is 0. The molecule has 5 rings (SSSR count). The van der Waals surface area contributed by atoms with Crippen molar-refractivity contribution in [2.45, 2.75) is 0 Å². The maximum absolute atomic E-state index is 6.26. The van der Waals surface area contributed by atoms with Gasteiger partial charge < -0.3 is 4.42 Å². The van der Waals surface area contributed by atoms with E-state index in [1.165, 1.54) is 16.2 Å². The summed E-state index contributed by atoms with van der Waals surface area (Å²) in [5, 5.41) is 4.80. The van der Waals surface area contributed by atoms with Gasteiger partial charge in [0.15, 0.2) is 6.20 Å². The van der Waals surface area contributed by atoms with Gasteiger partial charge in [0, 0.05) is 10.8 Å². The number of para-hydroxylation sites is 1. The number of benzene rings is 3. The summed E-state index contributed by atoms with van der Waals surface area (Å²) in [4.78, 5) is 0. The number of hydrogen-bond acceptors (Lipinski definition) is 1. The fourth-order valence-electron chi connectivity index (χ4n) is 3.46. The Morgan fingerprint density at radius 3 is 2.62 bits per heavy atom. The molecule has 0 saturated heterocycles. The molecule has 114 valence electrons. The van der Waals surface area contributed by atoms with Crippen LogP contribution in [0.3, 0.4) is 0 Å². The molecular formula is C22H15NO. The van der Waals surface area contributed by atoms with E-state index in [9.17, 15) is 0 Å². The van der Waals surface area contributed by atoms with Gasteiger partial charge in [-0.3, -0.25) is 4.57 Å². The third-order valence-electron chi connectivity index (χ3n) is 4.55. The fourth-order valence-corrected chi connectivity index (χ4v) is 3.46. The molecule has 0 N–H and O–H groups in total. The number of hydrogen-bond donors (Lipinski definition) is 0. The monoisotopic (exact) mass is 309 g/mol. The SMILES string of the molecule is C[n+]1[c-]c(-c2cccc3c2oc2ccc4ccccc4c23)ccc1. The molecule has 5 aromatic rings. The highest BCUT2D eigenvalue weighted by atomic mass is 16.3. The zero-order valence-corrected chi connectivity index (χ0v) is 13.3. The molecule has 0 radical (unpaired) electrons. The van der Waals surface area contributed by atoms with E-state index >= 15 is 0 Å². The highest BCUT2D eigenvalue weighted by Crippen LogP contribution is 2.38. The van der Waals surface area contributed by atoms with Crippen LogP contribution in [-0.4, -0.2) is 0 Å². The summed E-state index contributed by atoms with van der Waals surface area (Å²) < 4.78 is 8.19. The summed E-state index contributed by atoms with van der Waals surface area (Å²) in [6.45, 7) is 0. The van der Waals surface area contributed by atoms with E-state index in [1.807, 2.05) is 23.9 Å². The van der Waals surface area contributed by atoms with Crippen LogP contribution in [0.2, 0.25) is 0 Å². The molecule has 24 heavy (non-hydrogen) atoms. The Balaban J connectivity index is 1.93. The van der Waals surface area contributed by atoms with Gasteiger partial charge in [0.25, 0.3) is 0 Å². The molecule has 0 aliphatic carbocycles. The zero-order valence-electron chi connectivity index (χ0n) is 13.3. The Morgan fingerprint density at radius 2 is 1.71 bits per heavy atom. The lowest BCUT2D eigenvalue weighted by Gasteiger charge is -2.07. The Morgan fingerprint density at radius 1 is 0.833 bits per heavy atom. The quantitative estimate of drug-likeness (QED) is 0.313. The second kappa shape index (κ2) is 4.93. The molecule has 2 heteroatoms. The normalized spacial score (nSPS) is 11.5. The minimum Gasteiger partial charge on any atom is -0.465 e. The van der Waals surface area contributed by atoms with Crippen molar-refractivity contribution in [2.24, 2.45) is 7.05 Å². The van der Waals surface area contributed by atoms with Crippen LogP contribution in [0.1, 0.15) is 0 Å². The van der Waals surface area contributed by atoms with Gasteiger partial charge in [-0.05, 0) is 16.8 Å². The van der Waals surface area contributed by atoms with Crippen molar-refractivity contribution in [1.29, 1.82) is 0 Å². The van der Waals surface area contributed by atoms with Crippen molar-refractivity contribution < 1.29 is 8.98 Å². The lowest BCUT2D eigenvalue weighted by molar-refractivity contribution is -0.675. The van der Waals surface area contributed by atoms with Gasteiger partial charge in [-0.1, -0.05) is 65.7 Å². The van der Waals surface area contributed by atoms with Gasteiger partial charge in [-0.25, -0.2) is 0 Å². The fraction of sp³-hybridized carbons (Fsp3) is 0.0455. The van der Waals surface area contributed by atoms with E-state index in [0.717, 1.165) is 27.7 Å². The van der Waals surface area contributed by atoms with Gasteiger partial charge in [0.2, 0.25) is 0 Å². The summed E-state index contributed by atoms with van der Waals surface area (Å²) in [6, 6.07) is 23.1. The third-order valence-corrected chi connectivity index (χ3v) is 4.55. The minimum absolute atomic E-state index is 0.923. The Bertz CT molecular complexity index is 1220. The van der Waals surface area contributed by atoms with E-state index in [4.69, 9.17) is 4.42 Å². The van der Waals surface area contributed by atoms with Gasteiger partial charge in [0.1, 0.15) is 18.2 Å². The summed E-state index contributed by atoms with van der Waals surface area (Å²) in [5.74, 6) is 0. The maximum Gasteiger partial charge on any atom is 0.153 e. The maximum atomic E-state index is 6.26. The molecule has 0 fully saturated rings. The molecule has 0 saturated carbocycles. The average molecular weight is 309 g/mol. The number of fused-ring (bicyclic) bond motifs is 5. The standard InChI is InChI=1S/C22H15NO/c1-23-13-5-7-16(14-23)18-9-4-10-19-21-17-8-3-2-6-15(17)11-12-20(21)24-22(18)19/h2-13H,1H3. The number of nitrogens with zero attached hydrogens (tertiary/aromatic N) is 1. The van der Waals surface area contributed by atoms with Crippen molar-refractivity contribution in [3.05, 3.63) is 79.1 Å². The molecule has 0 atom stereocenters. The molecule has 2 nitrogen and oxygen atoms in total. The average Bonchev–Trinajstić information content (AvgIpc) is 3.01. The number of pyridine rings is 1. The molecular weight excluding hydrogens is 294 g/mol. The molecule has 3 aromatic carbocycles. The largest absolute Gasteiger partial charge is 0.465 e. The number of aromatic nitrogens is 1. The molecule has 0 bridgehead atoms. The third kappa shape index (κ3) is 1.86. The number of aryl methyl sites for hydroxylation is 1. The first-order chi connectivity index (χ1) is 11.8. The van der Waals surface area contributed by atoms with Crippen LogP contribution >= 0.6 is 0 Å². The van der Waals surface area contributed by atoms with Crippen LogP contribution in [0.15, 0.2) is 77.3 Å². The summed E-state index contributed by atoms with van der Waals surface area (Å²) in [7, 11) is 1.98. The van der Waals surface area contributed by atoms with E-state index in [1.54, 1.807) is 0 Å². The predicted molar refractivity (Wildman–Crippen MR) is 96.7 cm³/mol. The van der Waals surface area contributed by atoms with Crippen molar-refractivity contribution in [2.75, 3.05) is 0 Å². The van der Waals surface area contributed by atoms with Crippen LogP contribution in [-0.2, 0) is 7.05 Å². The summed E-state index contributed by atoms with van der Waals surface area (Å²) in [5.41, 5.74) is 3.96. The first-order valence-corrected chi connectivity index (χ1v) is 8.02. The van der Waals surface area contributed by atoms with Crippen LogP contribution in [0.25, 0.3) is 43.8 Å². The first kappa shape index (κ1) is 13.3. The van der Waals surface area contributed by atoms with Gasteiger partial charge in [-0.15, -0.1) is 6.07 Å². The van der Waals surface area contributed by atoms with Gasteiger partial charge in [0.05, 0.1) is 6.20 Å². The minimum atomic E-state index is 0.923. The van der Waals surface area contributed by atoms with Gasteiger partial charge in [-0.2, -0.15) is 0 Å². The van der Waals surface area contributed by atoms with E-state index in [2.05, 4.69) is 66.9 Å². The lowest BCUT2D eigenvalue weighted by atomic mass is 10.0. The molecule has 0 spiro atoms. The van der Waals surface area contributed by atoms with E-state index in [0.29, 0.717) is 0 Å². The highest BCUT2D eigenvalue weighted by molar-refractivity contribution is 6.20. The van der Waals surface area contributed by atoms with Crippen LogP contribution in [0, 0.1) is 6.20 Å². The van der Waals surface area contributed by atoms with Crippen LogP contribution < -0.4 is 4.57 Å². The number of rotatable bonds is 1. The van der Waals surface area contributed by atoms with Crippen molar-refractivity contribution >= 4 is 32.7 Å². The Kier molecular flexibility index (Phi) is 2.74. The smallest absolute Gasteiger partial charge is 0.153 e. The molecule has 0 aliphatic rings. The molecule has 2 heterocycles. The van der Waals surface area contributed by atoms with Gasteiger partial charge >= 0.3 is 0 Å². The van der Waals surface area contributed by atoms with Crippen molar-refractivity contribution in [3.63, 3.8) is 0 Å². The first-order valence-electron chi connectivity index (χ1n) is 8.02.